The predicted molar refractivity (Wildman–Crippen MR) is 524 cm³/mol. The number of Topliss-reactive ketones (excluding diaryl/α,β-unsaturated/α-hetero) is 4. The van der Waals surface area contributed by atoms with E-state index in [4.69, 9.17) is 18.9 Å². The molecule has 136 heavy (non-hydrogen) atoms. The van der Waals surface area contributed by atoms with E-state index in [9.17, 15) is 39.6 Å². The smallest absolute Gasteiger partial charge is 0.157 e. The number of benzene rings is 2. The lowest BCUT2D eigenvalue weighted by atomic mass is 9.44. The second-order valence-electron chi connectivity index (χ2n) is 51.3. The van der Waals surface area contributed by atoms with Gasteiger partial charge < -0.3 is 39.4 Å². The number of nitrogens with zero attached hydrogens (tertiary/aromatic N) is 11. The third-order valence-electron chi connectivity index (χ3n) is 44.7. The molecule has 16 fully saturated rings. The zero-order valence-corrected chi connectivity index (χ0v) is 85.8. The molecule has 0 saturated heterocycles. The van der Waals surface area contributed by atoms with Crippen LogP contribution in [0.4, 0.5) is 0 Å². The zero-order chi connectivity index (χ0) is 96.0. The van der Waals surface area contributed by atoms with Crippen LogP contribution in [0.3, 0.4) is 0 Å². The highest BCUT2D eigenvalue weighted by atomic mass is 16.5. The summed E-state index contributed by atoms with van der Waals surface area (Å²) < 4.78 is 28.7. The van der Waals surface area contributed by atoms with Gasteiger partial charge in [0.2, 0.25) is 0 Å². The molecular formula is C113H169N11O12. The van der Waals surface area contributed by atoms with Gasteiger partial charge in [-0.15, -0.1) is 15.3 Å². The highest BCUT2D eigenvalue weighted by Gasteiger charge is 2.68. The van der Waals surface area contributed by atoms with E-state index in [-0.39, 0.29) is 45.3 Å². The molecule has 16 aliphatic carbocycles. The van der Waals surface area contributed by atoms with Gasteiger partial charge in [0, 0.05) is 63.7 Å². The first kappa shape index (κ1) is 98.7. The van der Waals surface area contributed by atoms with Gasteiger partial charge in [0.1, 0.15) is 31.7 Å². The van der Waals surface area contributed by atoms with Gasteiger partial charge in [-0.25, -0.2) is 14.0 Å². The molecular weight excluding hydrogens is 1700 g/mol. The van der Waals surface area contributed by atoms with Gasteiger partial charge >= 0.3 is 0 Å². The molecule has 22 rings (SSSR count). The van der Waals surface area contributed by atoms with Crippen molar-refractivity contribution in [2.75, 3.05) is 54.9 Å². The molecule has 4 N–H and O–H groups in total. The van der Waals surface area contributed by atoms with Crippen LogP contribution in [-0.2, 0) is 64.3 Å². The molecule has 0 unspecified atom stereocenters. The van der Waals surface area contributed by atoms with Crippen LogP contribution in [0.1, 0.15) is 309 Å². The van der Waals surface area contributed by atoms with Gasteiger partial charge in [-0.2, -0.15) is 5.10 Å². The number of methoxy groups -OCH3 is 4. The van der Waals surface area contributed by atoms with Crippen molar-refractivity contribution in [3.05, 3.63) is 77.5 Å². The first-order chi connectivity index (χ1) is 64.7. The molecule has 16 aliphatic rings. The Labute approximate surface area is 810 Å². The van der Waals surface area contributed by atoms with E-state index in [2.05, 4.69) is 130 Å². The summed E-state index contributed by atoms with van der Waals surface area (Å²) in [5, 5.41) is 74.9. The average molecular weight is 1870 g/mol. The molecule has 32 atom stereocenters. The summed E-state index contributed by atoms with van der Waals surface area (Å²) in [6.07, 6.45) is 45.2. The molecule has 0 radical (unpaired) electrons. The molecule has 4 heterocycles. The number of rotatable bonds is 20. The Kier molecular flexibility index (Phi) is 27.1. The predicted octanol–water partition coefficient (Wildman–Crippen LogP) is 19.7. The highest BCUT2D eigenvalue weighted by molar-refractivity contribution is 5.86. The summed E-state index contributed by atoms with van der Waals surface area (Å²) in [4.78, 5) is 54.3. The van der Waals surface area contributed by atoms with E-state index >= 15 is 0 Å². The molecule has 2 aromatic carbocycles. The maximum Gasteiger partial charge on any atom is 0.157 e. The van der Waals surface area contributed by atoms with Crippen LogP contribution in [0.15, 0.2) is 55.0 Å². The summed E-state index contributed by atoms with van der Waals surface area (Å²) in [6, 6.07) is 12.5. The molecule has 6 aromatic rings. The van der Waals surface area contributed by atoms with Crippen LogP contribution in [-0.4, -0.2) is 176 Å². The number of carbonyl (C=O) groups is 4. The van der Waals surface area contributed by atoms with Gasteiger partial charge in [-0.05, 0) is 426 Å². The van der Waals surface area contributed by atoms with Crippen molar-refractivity contribution in [2.24, 2.45) is 162 Å². The number of aromatic nitrogens is 11. The lowest BCUT2D eigenvalue weighted by molar-refractivity contribution is -0.164. The number of aryl methyl sites for hydroxylation is 4. The first-order valence-corrected chi connectivity index (χ1v) is 54.1. The summed E-state index contributed by atoms with van der Waals surface area (Å²) in [7, 11) is 6.81. The van der Waals surface area contributed by atoms with Crippen LogP contribution in [0.25, 0.3) is 21.9 Å². The molecule has 0 bridgehead atoms. The van der Waals surface area contributed by atoms with Gasteiger partial charge in [-0.1, -0.05) is 89.2 Å². The maximum atomic E-state index is 13.8. The Morgan fingerprint density at radius 3 is 1.03 bits per heavy atom. The van der Waals surface area contributed by atoms with Gasteiger partial charge in [0.05, 0.1) is 83.6 Å². The van der Waals surface area contributed by atoms with Crippen molar-refractivity contribution in [1.29, 1.82) is 0 Å². The molecule has 0 spiro atoms. The Balaban J connectivity index is 0.000000116. The van der Waals surface area contributed by atoms with Gasteiger partial charge in [-0.3, -0.25) is 23.9 Å². The Morgan fingerprint density at radius 2 is 0.684 bits per heavy atom. The van der Waals surface area contributed by atoms with Crippen molar-refractivity contribution < 1.29 is 58.6 Å². The fourth-order valence-electron chi connectivity index (χ4n) is 37.5. The maximum absolute atomic E-state index is 13.8. The second kappa shape index (κ2) is 37.3. The van der Waals surface area contributed by atoms with Crippen LogP contribution < -0.4 is 0 Å². The topological polar surface area (TPSA) is 296 Å². The minimum Gasteiger partial charge on any atom is -0.387 e. The minimum absolute atomic E-state index is 0.0964. The first-order valence-electron chi connectivity index (χ1n) is 54.1. The van der Waals surface area contributed by atoms with Gasteiger partial charge in [0.15, 0.2) is 23.1 Å². The zero-order valence-electron chi connectivity index (χ0n) is 85.8. The molecule has 23 heteroatoms. The largest absolute Gasteiger partial charge is 0.387 e. The normalized spacial score (nSPS) is 43.8. The number of hydrogen-bond donors (Lipinski definition) is 4. The van der Waals surface area contributed by atoms with Gasteiger partial charge in [0.25, 0.3) is 0 Å². The second-order valence-corrected chi connectivity index (χ2v) is 51.3. The number of ether oxygens (including phenoxy) is 4. The van der Waals surface area contributed by atoms with Crippen LogP contribution in [0, 0.1) is 189 Å². The standard InChI is InChI=1S/C31H44N2O3.C30H43N3O3.2C26H41N3O3/c1-20-5-6-21-17-32-33(27(21)15-20)18-28(34)26-10-9-24-23-8-7-22-16-31(35,19-36-4)14-13-29(22,2)25(23)11-12-30(24,26)3;1-19-5-10-25-26(15-19)33(32-31-25)17-27(34)24-9-8-22-21-7-6-20-16-30(35,18-36-4)14-13-28(20,2)23(21)11-12-29(22,24)3;1-17-14-29(28-27-17)15-23(30)22-8-7-20-19-6-5-18-13-26(31,16-32-4)12-11-24(18,2)21(19)9-10-25(20,22)3;1-17-14-27-28-29(17)15-23(30)22-8-7-20-19-6-5-18-13-26(31,16-32-4)12-11-24(18,2)21(19)9-10-25(20,22)3/h5-6,15,17,22-26,35H,7-14,16,18-19H2,1-4H3;5,10,15,20-24,35H,6-9,11-14,16-18H2,1-4H3;2*14,18-22,31H,5-13,15-16H2,1-4H3/t22-,23-,24-,25-,26+,29-,30-,31+;20-,21-,22-,23-,24+,28-,29-,30+;2*18-,19-,20-,21-,22+,24-,25-,26+/m0000/s1. The van der Waals surface area contributed by atoms with Crippen LogP contribution >= 0.6 is 0 Å². The van der Waals surface area contributed by atoms with E-state index in [0.29, 0.717) is 151 Å². The van der Waals surface area contributed by atoms with Crippen molar-refractivity contribution in [1.82, 2.24) is 54.8 Å². The van der Waals surface area contributed by atoms with Crippen molar-refractivity contribution in [3.8, 4) is 0 Å². The number of fused-ring (bicyclic) bond motifs is 22. The number of carbonyl (C=O) groups excluding carboxylic acids is 4. The molecule has 4 aromatic heterocycles. The van der Waals surface area contributed by atoms with E-state index < -0.39 is 22.4 Å². The third-order valence-corrected chi connectivity index (χ3v) is 44.7. The quantitative estimate of drug-likeness (QED) is 0.0552. The lowest BCUT2D eigenvalue weighted by Gasteiger charge is -2.62. The van der Waals surface area contributed by atoms with Crippen LogP contribution in [0.5, 0.6) is 0 Å². The lowest BCUT2D eigenvalue weighted by Crippen LogP contribution is -2.57. The summed E-state index contributed by atoms with van der Waals surface area (Å²) >= 11 is 0. The molecule has 0 amide bonds. The Bertz CT molecular complexity index is 5150. The van der Waals surface area contributed by atoms with Crippen molar-refractivity contribution >= 4 is 45.1 Å². The summed E-state index contributed by atoms with van der Waals surface area (Å²) in [6.45, 7) is 31.2. The molecule has 0 aliphatic heterocycles. The SMILES string of the molecule is COC[C@@]1(O)CC[C@@]2(C)[C@@H](CC[C@@H]3[C@@H]2CC[C@]2(C)[C@@H](C(=O)Cn4cc(C)nn4)CC[C@@H]32)C1.COC[C@@]1(O)CC[C@@]2(C)[C@@H](CC[C@@H]3[C@@H]2CC[C@]2(C)[C@@H](C(=O)Cn4ncc5ccc(C)cc54)CC[C@@H]32)C1.COC[C@@]1(O)CC[C@@]2(C)[C@@H](CC[C@@H]3[C@@H]2CC[C@]2(C)[C@@H](C(=O)Cn4nnc5ccc(C)cc54)CC[C@@H]32)C1.COC[C@@]1(O)CC[C@@]2(C)[C@@H](CC[C@@H]3[C@@H]2CC[C@]2(C)[C@@H](C(=O)Cn4nncc4C)CC[C@@H]32)C1. The minimum atomic E-state index is -0.649. The van der Waals surface area contributed by atoms with E-state index in [1.807, 2.05) is 47.7 Å². The fraction of sp³-hybridized carbons (Fsp3) is 0.814. The fourth-order valence-corrected chi connectivity index (χ4v) is 37.5. The number of aliphatic hydroxyl groups is 4. The highest BCUT2D eigenvalue weighted by Crippen LogP contribution is 2.74. The Morgan fingerprint density at radius 1 is 0.346 bits per heavy atom. The van der Waals surface area contributed by atoms with E-state index in [1.54, 1.807) is 44.0 Å². The van der Waals surface area contributed by atoms with Crippen molar-refractivity contribution in [2.45, 2.75) is 363 Å². The van der Waals surface area contributed by atoms with Crippen molar-refractivity contribution in [3.63, 3.8) is 0 Å². The summed E-state index contributed by atoms with van der Waals surface area (Å²) in [5.74, 6) is 12.8. The molecule has 23 nitrogen and oxygen atoms in total. The van der Waals surface area contributed by atoms with E-state index in [0.717, 1.165) is 202 Å². The third kappa shape index (κ3) is 17.3. The average Bonchev–Trinajstić information content (AvgIpc) is 1.43. The Hall–Kier alpha value is -6.05. The number of ketones is 4. The number of hydrogen-bond acceptors (Lipinski definition) is 19. The van der Waals surface area contributed by atoms with E-state index in [1.165, 1.54) is 115 Å². The monoisotopic (exact) mass is 1870 g/mol. The molecule has 748 valence electrons. The summed E-state index contributed by atoms with van der Waals surface area (Å²) in [5.41, 5.74) is 6.25. The van der Waals surface area contributed by atoms with Crippen LogP contribution in [0.2, 0.25) is 0 Å². The molecule has 16 saturated carbocycles.